The average molecular weight is 297 g/mol. The predicted molar refractivity (Wildman–Crippen MR) is 92.0 cm³/mol. The molecule has 0 amide bonds. The van der Waals surface area contributed by atoms with Gasteiger partial charge < -0.3 is 4.57 Å². The van der Waals surface area contributed by atoms with Crippen LogP contribution < -0.4 is 0 Å². The van der Waals surface area contributed by atoms with Gasteiger partial charge in [-0.2, -0.15) is 0 Å². The number of aromatic nitrogens is 2. The molecule has 3 nitrogen and oxygen atoms in total. The molecule has 0 saturated carbocycles. The summed E-state index contributed by atoms with van der Waals surface area (Å²) in [6.45, 7) is 2.63. The highest BCUT2D eigenvalue weighted by Gasteiger charge is 2.20. The van der Waals surface area contributed by atoms with Gasteiger partial charge in [0.1, 0.15) is 0 Å². The zero-order valence-corrected chi connectivity index (χ0v) is 12.8. The predicted octanol–water partition coefficient (Wildman–Crippen LogP) is 3.51. The monoisotopic (exact) mass is 297 g/mol. The molecule has 0 spiro atoms. The quantitative estimate of drug-likeness (QED) is 0.632. The summed E-state index contributed by atoms with van der Waals surface area (Å²) >= 11 is 0. The van der Waals surface area contributed by atoms with Gasteiger partial charge in [-0.15, -0.1) is 6.42 Å². The summed E-state index contributed by atoms with van der Waals surface area (Å²) in [5.41, 5.74) is 7.16. The van der Waals surface area contributed by atoms with E-state index in [-0.39, 0.29) is 0 Å². The first-order chi connectivity index (χ1) is 11.3. The smallest absolute Gasteiger partial charge is 0.0998 e. The Hall–Kier alpha value is -3.12. The minimum Gasteiger partial charge on any atom is -0.300 e. The van der Waals surface area contributed by atoms with E-state index in [4.69, 9.17) is 11.4 Å². The van der Waals surface area contributed by atoms with Crippen molar-refractivity contribution in [1.82, 2.24) is 9.55 Å². The van der Waals surface area contributed by atoms with Crippen LogP contribution >= 0.6 is 0 Å². The summed E-state index contributed by atoms with van der Waals surface area (Å²) in [5.74, 6) is 2.72. The fourth-order valence-corrected chi connectivity index (χ4v) is 2.97. The number of nitrogens with zero attached hydrogens (tertiary/aromatic N) is 3. The molecule has 0 atom stereocenters. The van der Waals surface area contributed by atoms with Gasteiger partial charge in [-0.1, -0.05) is 36.3 Å². The summed E-state index contributed by atoms with van der Waals surface area (Å²) < 4.78 is 2.12. The largest absolute Gasteiger partial charge is 0.300 e. The molecule has 0 fully saturated rings. The number of rotatable bonds is 1. The van der Waals surface area contributed by atoms with Crippen molar-refractivity contribution < 1.29 is 0 Å². The van der Waals surface area contributed by atoms with Crippen LogP contribution in [0.15, 0.2) is 59.9 Å². The van der Waals surface area contributed by atoms with E-state index in [1.807, 2.05) is 43.6 Å². The molecule has 0 saturated heterocycles. The molecule has 0 bridgehead atoms. The summed E-state index contributed by atoms with van der Waals surface area (Å²) in [5, 5.41) is 0. The van der Waals surface area contributed by atoms with E-state index in [0.717, 1.165) is 39.5 Å². The zero-order chi connectivity index (χ0) is 15.8. The van der Waals surface area contributed by atoms with Gasteiger partial charge in [0, 0.05) is 16.7 Å². The van der Waals surface area contributed by atoms with Gasteiger partial charge in [-0.05, 0) is 25.1 Å². The SMILES string of the molecule is C#Cc1ccc2c(c1)C(c1ccccc1)=NCc1c(C)ncn1-2. The van der Waals surface area contributed by atoms with Crippen molar-refractivity contribution in [3.05, 3.63) is 82.9 Å². The number of terminal acetylenes is 1. The van der Waals surface area contributed by atoms with E-state index in [2.05, 4.69) is 33.7 Å². The van der Waals surface area contributed by atoms with Crippen molar-refractivity contribution in [1.29, 1.82) is 0 Å². The second kappa shape index (κ2) is 5.26. The first kappa shape index (κ1) is 13.5. The third kappa shape index (κ3) is 2.16. The lowest BCUT2D eigenvalue weighted by atomic mass is 9.98. The van der Waals surface area contributed by atoms with Crippen molar-refractivity contribution in [3.8, 4) is 18.0 Å². The second-order valence-electron chi connectivity index (χ2n) is 5.55. The van der Waals surface area contributed by atoms with Gasteiger partial charge >= 0.3 is 0 Å². The molecular weight excluding hydrogens is 282 g/mol. The fraction of sp³-hybridized carbons (Fsp3) is 0.100. The van der Waals surface area contributed by atoms with Crippen molar-refractivity contribution >= 4 is 5.71 Å². The van der Waals surface area contributed by atoms with Gasteiger partial charge in [0.25, 0.3) is 0 Å². The molecule has 3 heteroatoms. The van der Waals surface area contributed by atoms with E-state index >= 15 is 0 Å². The zero-order valence-electron chi connectivity index (χ0n) is 12.8. The molecule has 0 radical (unpaired) electrons. The second-order valence-corrected chi connectivity index (χ2v) is 5.55. The molecule has 110 valence electrons. The number of hydrogen-bond acceptors (Lipinski definition) is 2. The average Bonchev–Trinajstić information content (AvgIpc) is 2.88. The number of benzene rings is 2. The van der Waals surface area contributed by atoms with Crippen molar-refractivity contribution in [2.24, 2.45) is 4.99 Å². The van der Waals surface area contributed by atoms with Crippen LogP contribution in [0.1, 0.15) is 28.1 Å². The topological polar surface area (TPSA) is 30.2 Å². The highest BCUT2D eigenvalue weighted by atomic mass is 15.1. The highest BCUT2D eigenvalue weighted by molar-refractivity contribution is 6.15. The van der Waals surface area contributed by atoms with Crippen LogP contribution in [0.5, 0.6) is 0 Å². The Morgan fingerprint density at radius 2 is 1.96 bits per heavy atom. The molecule has 1 aliphatic heterocycles. The van der Waals surface area contributed by atoms with E-state index in [1.54, 1.807) is 0 Å². The van der Waals surface area contributed by atoms with Crippen LogP contribution in [0.4, 0.5) is 0 Å². The number of hydrogen-bond donors (Lipinski definition) is 0. The number of fused-ring (bicyclic) bond motifs is 3. The summed E-state index contributed by atoms with van der Waals surface area (Å²) in [4.78, 5) is 9.30. The third-order valence-corrected chi connectivity index (χ3v) is 4.19. The lowest BCUT2D eigenvalue weighted by molar-refractivity contribution is 0.914. The maximum Gasteiger partial charge on any atom is 0.0998 e. The first-order valence-electron chi connectivity index (χ1n) is 7.52. The molecule has 2 aromatic carbocycles. The van der Waals surface area contributed by atoms with Gasteiger partial charge in [-0.25, -0.2) is 4.98 Å². The van der Waals surface area contributed by atoms with Crippen molar-refractivity contribution in [2.45, 2.75) is 13.5 Å². The van der Waals surface area contributed by atoms with Crippen LogP contribution in [-0.4, -0.2) is 15.3 Å². The highest BCUT2D eigenvalue weighted by Crippen LogP contribution is 2.27. The maximum atomic E-state index is 5.60. The standard InChI is InChI=1S/C20H15N3/c1-3-15-9-10-18-17(11-15)20(16-7-5-4-6-8-16)21-12-19-14(2)22-13-23(18)19/h1,4-11,13H,12H2,2H3. The van der Waals surface area contributed by atoms with Crippen LogP contribution in [0.25, 0.3) is 5.69 Å². The minimum absolute atomic E-state index is 0.607. The van der Waals surface area contributed by atoms with E-state index in [0.29, 0.717) is 6.54 Å². The Bertz CT molecular complexity index is 956. The van der Waals surface area contributed by atoms with E-state index in [1.165, 1.54) is 0 Å². The van der Waals surface area contributed by atoms with Crippen LogP contribution in [0, 0.1) is 19.3 Å². The molecule has 3 aromatic rings. The van der Waals surface area contributed by atoms with Gasteiger partial charge in [0.2, 0.25) is 0 Å². The molecule has 4 rings (SSSR count). The lowest BCUT2D eigenvalue weighted by Gasteiger charge is -2.12. The molecule has 0 N–H and O–H groups in total. The van der Waals surface area contributed by atoms with Crippen LogP contribution in [0.2, 0.25) is 0 Å². The summed E-state index contributed by atoms with van der Waals surface area (Å²) in [6, 6.07) is 16.3. The Labute approximate surface area is 135 Å². The van der Waals surface area contributed by atoms with Crippen LogP contribution in [0.3, 0.4) is 0 Å². The van der Waals surface area contributed by atoms with Gasteiger partial charge in [-0.3, -0.25) is 4.99 Å². The Morgan fingerprint density at radius 1 is 1.13 bits per heavy atom. The number of aliphatic imine (C=N–C) groups is 1. The summed E-state index contributed by atoms with van der Waals surface area (Å²) in [7, 11) is 0. The molecule has 2 heterocycles. The Morgan fingerprint density at radius 3 is 2.74 bits per heavy atom. The van der Waals surface area contributed by atoms with Crippen molar-refractivity contribution in [2.75, 3.05) is 0 Å². The minimum atomic E-state index is 0.607. The Kier molecular flexibility index (Phi) is 3.09. The lowest BCUT2D eigenvalue weighted by Crippen LogP contribution is -2.07. The molecule has 0 unspecified atom stereocenters. The fourth-order valence-electron chi connectivity index (χ4n) is 2.97. The van der Waals surface area contributed by atoms with Crippen molar-refractivity contribution in [3.63, 3.8) is 0 Å². The number of aryl methyl sites for hydroxylation is 1. The van der Waals surface area contributed by atoms with Gasteiger partial charge in [0.15, 0.2) is 0 Å². The van der Waals surface area contributed by atoms with E-state index in [9.17, 15) is 0 Å². The third-order valence-electron chi connectivity index (χ3n) is 4.19. The Balaban J connectivity index is 2.02. The van der Waals surface area contributed by atoms with Gasteiger partial charge in [0.05, 0.1) is 35.7 Å². The first-order valence-corrected chi connectivity index (χ1v) is 7.52. The number of imidazole rings is 1. The molecular formula is C20H15N3. The molecule has 23 heavy (non-hydrogen) atoms. The van der Waals surface area contributed by atoms with E-state index < -0.39 is 0 Å². The normalized spacial score (nSPS) is 12.6. The molecule has 1 aliphatic rings. The molecule has 1 aromatic heterocycles. The summed E-state index contributed by atoms with van der Waals surface area (Å²) in [6.07, 6.45) is 7.46. The van der Waals surface area contributed by atoms with Crippen LogP contribution in [-0.2, 0) is 6.54 Å². The molecule has 0 aliphatic carbocycles. The maximum absolute atomic E-state index is 5.60.